The molecule has 6 rings (SSSR count). The predicted octanol–water partition coefficient (Wildman–Crippen LogP) is 5.44. The molecule has 3 aromatic carbocycles. The van der Waals surface area contributed by atoms with Crippen LogP contribution in [0.25, 0.3) is 22.0 Å². The summed E-state index contributed by atoms with van der Waals surface area (Å²) in [6.45, 7) is -1.18. The summed E-state index contributed by atoms with van der Waals surface area (Å²) >= 11 is 6.24. The molecular weight excluding hydrogens is 670 g/mol. The van der Waals surface area contributed by atoms with Gasteiger partial charge in [0.2, 0.25) is 11.8 Å². The predicted molar refractivity (Wildman–Crippen MR) is 174 cm³/mol. The Bertz CT molecular complexity index is 1960. The fourth-order valence-corrected chi connectivity index (χ4v) is 6.30. The number of fused-ring (bicyclic) bond motifs is 1. The minimum atomic E-state index is -2.83. The van der Waals surface area contributed by atoms with Crippen molar-refractivity contribution in [2.24, 2.45) is 5.73 Å². The fraction of sp³-hybridized carbons (Fsp3) is 0.303. The zero-order valence-electron chi connectivity index (χ0n) is 25.8. The molecule has 2 aliphatic rings. The first kappa shape index (κ1) is 33.7. The van der Waals surface area contributed by atoms with Crippen LogP contribution in [-0.4, -0.2) is 81.1 Å². The van der Waals surface area contributed by atoms with Crippen LogP contribution in [0.4, 0.5) is 33.7 Å². The first-order valence-electron chi connectivity index (χ1n) is 15.3. The van der Waals surface area contributed by atoms with Crippen molar-refractivity contribution in [2.75, 3.05) is 30.3 Å². The number of anilines is 2. The highest BCUT2D eigenvalue weighted by molar-refractivity contribution is 6.33. The number of halogens is 5. The summed E-state index contributed by atoms with van der Waals surface area (Å²) in [5.74, 6) is -6.02. The number of hydrogen-bond donors (Lipinski definition) is 3. The molecule has 256 valence electrons. The minimum Gasteiger partial charge on any atom is -0.364 e. The molecular formula is C33H30ClF4N7O4. The van der Waals surface area contributed by atoms with Gasteiger partial charge in [0, 0.05) is 59.6 Å². The number of urea groups is 1. The molecule has 3 heterocycles. The van der Waals surface area contributed by atoms with Crippen LogP contribution >= 0.6 is 11.6 Å². The second kappa shape index (κ2) is 13.4. The topological polar surface area (TPSA) is 143 Å². The number of nitrogens with two attached hydrogens (primary N) is 1. The molecule has 5 amide bonds. The Kier molecular flexibility index (Phi) is 9.20. The number of nitrogens with one attached hydrogen (secondary N) is 2. The number of nitrogens with zero attached hydrogens (tertiary/aromatic N) is 4. The molecule has 2 fully saturated rings. The number of piperidine rings is 1. The molecule has 1 aromatic heterocycles. The summed E-state index contributed by atoms with van der Waals surface area (Å²) in [5.41, 5.74) is 6.19. The number of benzene rings is 3. The second-order valence-corrected chi connectivity index (χ2v) is 12.3. The summed E-state index contributed by atoms with van der Waals surface area (Å²) in [6.07, 6.45) is -2.77. The van der Waals surface area contributed by atoms with Gasteiger partial charge in [-0.15, -0.1) is 0 Å². The van der Waals surface area contributed by atoms with Gasteiger partial charge in [-0.05, 0) is 30.3 Å². The van der Waals surface area contributed by atoms with Crippen LogP contribution in [0, 0.1) is 5.82 Å². The van der Waals surface area contributed by atoms with Gasteiger partial charge in [0.15, 0.2) is 11.5 Å². The summed E-state index contributed by atoms with van der Waals surface area (Å²) in [4.78, 5) is 54.1. The fourth-order valence-electron chi connectivity index (χ4n) is 6.06. The second-order valence-electron chi connectivity index (χ2n) is 11.9. The number of carbonyl (C=O) groups excluding carboxylic acids is 4. The van der Waals surface area contributed by atoms with E-state index in [1.165, 1.54) is 46.0 Å². The van der Waals surface area contributed by atoms with Crippen molar-refractivity contribution in [1.82, 2.24) is 19.6 Å². The average molecular weight is 700 g/mol. The molecule has 4 aromatic rings. The Morgan fingerprint density at radius 1 is 0.980 bits per heavy atom. The summed E-state index contributed by atoms with van der Waals surface area (Å²) < 4.78 is 58.4. The molecule has 49 heavy (non-hydrogen) atoms. The largest absolute Gasteiger partial charge is 0.364 e. The molecule has 0 spiro atoms. The number of carbonyl (C=O) groups is 4. The van der Waals surface area contributed by atoms with Crippen LogP contribution in [0.2, 0.25) is 5.02 Å². The lowest BCUT2D eigenvalue weighted by atomic mass is 10.0. The number of aromatic nitrogens is 2. The van der Waals surface area contributed by atoms with Crippen molar-refractivity contribution in [3.63, 3.8) is 0 Å². The summed E-state index contributed by atoms with van der Waals surface area (Å²) in [7, 11) is 0. The van der Waals surface area contributed by atoms with Crippen LogP contribution in [0.3, 0.4) is 0 Å². The third-order valence-corrected chi connectivity index (χ3v) is 8.93. The molecule has 2 atom stereocenters. The Hall–Kier alpha value is -5.18. The summed E-state index contributed by atoms with van der Waals surface area (Å²) in [5, 5.41) is 9.75. The van der Waals surface area contributed by atoms with Gasteiger partial charge in [-0.3, -0.25) is 19.1 Å². The molecule has 11 nitrogen and oxygen atoms in total. The normalized spacial score (nSPS) is 18.8. The standard InChI is InChI=1S/C33H30ClF4N7O4/c34-23-6-2-1-4-20(23)21-5-3-7-24(28(21)36)41-31(48)26-14-18(35)16-44(26)27(46)17-45-25-9-8-19(15-22(25)29(42-45)30(39)47)40-32(49)43-12-10-33(37,38)11-13-43/h1-9,15,18,26H,10-14,16-17H2,(H2,39,47)(H,40,49)(H,41,48). The average Bonchev–Trinajstić information content (AvgIpc) is 3.63. The van der Waals surface area contributed by atoms with Gasteiger partial charge >= 0.3 is 6.03 Å². The number of alkyl halides is 3. The lowest BCUT2D eigenvalue weighted by molar-refractivity contribution is -0.137. The van der Waals surface area contributed by atoms with Crippen LogP contribution in [0.5, 0.6) is 0 Å². The first-order chi connectivity index (χ1) is 23.3. The number of hydrogen-bond acceptors (Lipinski definition) is 5. The maximum atomic E-state index is 15.5. The van der Waals surface area contributed by atoms with Gasteiger partial charge in [0.1, 0.15) is 18.8 Å². The Morgan fingerprint density at radius 3 is 2.41 bits per heavy atom. The molecule has 0 bridgehead atoms. The van der Waals surface area contributed by atoms with Crippen molar-refractivity contribution >= 4 is 57.6 Å². The zero-order chi connectivity index (χ0) is 35.0. The van der Waals surface area contributed by atoms with Crippen molar-refractivity contribution in [2.45, 2.75) is 43.9 Å². The van der Waals surface area contributed by atoms with E-state index in [-0.39, 0.29) is 53.0 Å². The Balaban J connectivity index is 1.19. The molecule has 0 aliphatic carbocycles. The molecule has 0 radical (unpaired) electrons. The SMILES string of the molecule is NC(=O)c1nn(CC(=O)N2CC(F)CC2C(=O)Nc2cccc(-c3ccccc3Cl)c2F)c2ccc(NC(=O)N3CCC(F)(F)CC3)cc12. The van der Waals surface area contributed by atoms with Gasteiger partial charge in [0.05, 0.1) is 17.7 Å². The van der Waals surface area contributed by atoms with Crippen LogP contribution in [0.15, 0.2) is 60.7 Å². The van der Waals surface area contributed by atoms with Crippen LogP contribution < -0.4 is 16.4 Å². The highest BCUT2D eigenvalue weighted by Crippen LogP contribution is 2.34. The number of amides is 5. The molecule has 0 saturated carbocycles. The number of likely N-dealkylation sites (tertiary alicyclic amines) is 2. The van der Waals surface area contributed by atoms with Gasteiger partial charge in [-0.25, -0.2) is 22.4 Å². The van der Waals surface area contributed by atoms with Gasteiger partial charge in [-0.2, -0.15) is 5.10 Å². The van der Waals surface area contributed by atoms with Gasteiger partial charge < -0.3 is 26.2 Å². The molecule has 2 saturated heterocycles. The summed E-state index contributed by atoms with van der Waals surface area (Å²) in [6, 6.07) is 13.4. The quantitative estimate of drug-likeness (QED) is 0.221. The van der Waals surface area contributed by atoms with E-state index in [2.05, 4.69) is 15.7 Å². The van der Waals surface area contributed by atoms with E-state index >= 15 is 4.39 Å². The van der Waals surface area contributed by atoms with Crippen molar-refractivity contribution in [3.8, 4) is 11.1 Å². The van der Waals surface area contributed by atoms with Crippen molar-refractivity contribution in [3.05, 3.63) is 77.2 Å². The van der Waals surface area contributed by atoms with Gasteiger partial charge in [-0.1, -0.05) is 41.9 Å². The van der Waals surface area contributed by atoms with E-state index in [1.807, 2.05) is 0 Å². The van der Waals surface area contributed by atoms with Crippen LogP contribution in [0.1, 0.15) is 29.8 Å². The Labute approximate surface area is 282 Å². The van der Waals surface area contributed by atoms with E-state index in [4.69, 9.17) is 17.3 Å². The first-order valence-corrected chi connectivity index (χ1v) is 15.7. The van der Waals surface area contributed by atoms with E-state index in [0.29, 0.717) is 10.6 Å². The molecule has 2 aliphatic heterocycles. The maximum absolute atomic E-state index is 15.5. The third-order valence-electron chi connectivity index (χ3n) is 8.60. The lowest BCUT2D eigenvalue weighted by Crippen LogP contribution is -2.44. The van der Waals surface area contributed by atoms with E-state index in [9.17, 15) is 32.3 Å². The highest BCUT2D eigenvalue weighted by atomic mass is 35.5. The van der Waals surface area contributed by atoms with Gasteiger partial charge in [0.25, 0.3) is 11.8 Å². The Morgan fingerprint density at radius 2 is 1.69 bits per heavy atom. The third kappa shape index (κ3) is 7.02. The van der Waals surface area contributed by atoms with Crippen LogP contribution in [-0.2, 0) is 16.1 Å². The molecule has 4 N–H and O–H groups in total. The molecule has 16 heteroatoms. The monoisotopic (exact) mass is 699 g/mol. The zero-order valence-corrected chi connectivity index (χ0v) is 26.5. The highest BCUT2D eigenvalue weighted by Gasteiger charge is 2.40. The van der Waals surface area contributed by atoms with Crippen molar-refractivity contribution < 1.29 is 36.7 Å². The molecule has 2 unspecified atom stereocenters. The number of primary amides is 1. The lowest BCUT2D eigenvalue weighted by Gasteiger charge is -2.31. The maximum Gasteiger partial charge on any atom is 0.321 e. The minimum absolute atomic E-state index is 0.132. The van der Waals surface area contributed by atoms with Crippen molar-refractivity contribution in [1.29, 1.82) is 0 Å². The van der Waals surface area contributed by atoms with E-state index in [0.717, 1.165) is 4.90 Å². The number of rotatable bonds is 7. The van der Waals surface area contributed by atoms with E-state index in [1.54, 1.807) is 24.3 Å². The smallest absolute Gasteiger partial charge is 0.321 e. The van der Waals surface area contributed by atoms with E-state index < -0.39 is 73.6 Å².